The number of aromatic nitrogens is 5. The van der Waals surface area contributed by atoms with Gasteiger partial charge in [-0.05, 0) is 18.3 Å². The average Bonchev–Trinajstić information content (AvgIpc) is 2.70. The third-order valence-electron chi connectivity index (χ3n) is 3.54. The molecular weight excluding hydrogens is 228 g/mol. The summed E-state index contributed by atoms with van der Waals surface area (Å²) >= 11 is 0. The van der Waals surface area contributed by atoms with Gasteiger partial charge < -0.3 is 4.90 Å². The number of fused-ring (bicyclic) bond motifs is 1. The van der Waals surface area contributed by atoms with Crippen LogP contribution >= 0.6 is 0 Å². The van der Waals surface area contributed by atoms with Crippen LogP contribution in [0.2, 0.25) is 0 Å². The first-order valence-corrected chi connectivity index (χ1v) is 6.40. The van der Waals surface area contributed by atoms with Crippen molar-refractivity contribution in [3.8, 4) is 0 Å². The lowest BCUT2D eigenvalue weighted by atomic mass is 9.92. The smallest absolute Gasteiger partial charge is 0.183 e. The van der Waals surface area contributed by atoms with Gasteiger partial charge in [0.1, 0.15) is 6.33 Å². The molecule has 6 nitrogen and oxygen atoms in total. The molecule has 0 aliphatic carbocycles. The Morgan fingerprint density at radius 1 is 1.17 bits per heavy atom. The van der Waals surface area contributed by atoms with E-state index in [1.165, 1.54) is 6.42 Å². The minimum absolute atomic E-state index is 0.690. The van der Waals surface area contributed by atoms with Gasteiger partial charge in [-0.15, -0.1) is 5.10 Å². The van der Waals surface area contributed by atoms with Gasteiger partial charge >= 0.3 is 0 Å². The molecule has 1 saturated heterocycles. The van der Waals surface area contributed by atoms with Crippen LogP contribution in [0, 0.1) is 11.8 Å². The van der Waals surface area contributed by atoms with Gasteiger partial charge in [-0.1, -0.05) is 19.1 Å². The zero-order valence-corrected chi connectivity index (χ0v) is 11.0. The summed E-state index contributed by atoms with van der Waals surface area (Å²) in [4.78, 5) is 11.0. The lowest BCUT2D eigenvalue weighted by Gasteiger charge is -2.35. The van der Waals surface area contributed by atoms with Crippen molar-refractivity contribution in [3.63, 3.8) is 0 Å². The van der Waals surface area contributed by atoms with Gasteiger partial charge in [0.15, 0.2) is 17.0 Å². The summed E-state index contributed by atoms with van der Waals surface area (Å²) in [5, 5.41) is 8.22. The molecule has 1 aliphatic heterocycles. The van der Waals surface area contributed by atoms with Crippen molar-refractivity contribution in [2.45, 2.75) is 20.3 Å². The summed E-state index contributed by atoms with van der Waals surface area (Å²) in [6.45, 7) is 6.65. The third-order valence-corrected chi connectivity index (χ3v) is 3.54. The molecule has 3 rings (SSSR count). The van der Waals surface area contributed by atoms with E-state index in [0.717, 1.165) is 30.1 Å². The topological polar surface area (TPSA) is 59.7 Å². The lowest BCUT2D eigenvalue weighted by Crippen LogP contribution is -2.39. The minimum atomic E-state index is 0.690. The van der Waals surface area contributed by atoms with E-state index in [0.29, 0.717) is 11.8 Å². The van der Waals surface area contributed by atoms with Gasteiger partial charge in [-0.25, -0.2) is 14.6 Å². The molecule has 96 valence electrons. The highest BCUT2D eigenvalue weighted by molar-refractivity contribution is 5.82. The molecule has 2 aromatic rings. The second-order valence-electron chi connectivity index (χ2n) is 5.43. The molecule has 1 fully saturated rings. The molecule has 18 heavy (non-hydrogen) atoms. The Labute approximate surface area is 106 Å². The van der Waals surface area contributed by atoms with Crippen molar-refractivity contribution in [2.75, 3.05) is 18.0 Å². The second kappa shape index (κ2) is 4.19. The zero-order chi connectivity index (χ0) is 12.7. The van der Waals surface area contributed by atoms with E-state index >= 15 is 0 Å². The van der Waals surface area contributed by atoms with Crippen LogP contribution in [0.3, 0.4) is 0 Å². The highest BCUT2D eigenvalue weighted by Gasteiger charge is 2.25. The first-order chi connectivity index (χ1) is 8.65. The fourth-order valence-corrected chi connectivity index (χ4v) is 2.91. The molecule has 0 aromatic carbocycles. The van der Waals surface area contributed by atoms with E-state index in [1.54, 1.807) is 11.0 Å². The van der Waals surface area contributed by atoms with Crippen molar-refractivity contribution in [1.82, 2.24) is 25.0 Å². The second-order valence-corrected chi connectivity index (χ2v) is 5.43. The summed E-state index contributed by atoms with van der Waals surface area (Å²) in [5.41, 5.74) is 1.60. The lowest BCUT2D eigenvalue weighted by molar-refractivity contribution is 0.355. The number of piperidine rings is 1. The molecule has 2 unspecified atom stereocenters. The van der Waals surface area contributed by atoms with Gasteiger partial charge in [-0.2, -0.15) is 0 Å². The van der Waals surface area contributed by atoms with Crippen LogP contribution in [0.15, 0.2) is 6.33 Å². The SMILES string of the molecule is CC1CC(C)CN(c2ncnc3c2nnn3C)C1. The standard InChI is InChI=1S/C12H18N6/c1-8-4-9(2)6-18(5-8)12-10-11(13-7-14-12)17(3)16-15-10/h7-9H,4-6H2,1-3H3. The molecule has 0 saturated carbocycles. The van der Waals surface area contributed by atoms with E-state index in [1.807, 2.05) is 7.05 Å². The van der Waals surface area contributed by atoms with E-state index in [-0.39, 0.29) is 0 Å². The first-order valence-electron chi connectivity index (χ1n) is 6.40. The van der Waals surface area contributed by atoms with Crippen LogP contribution in [-0.2, 0) is 7.05 Å². The van der Waals surface area contributed by atoms with Crippen LogP contribution in [-0.4, -0.2) is 38.1 Å². The summed E-state index contributed by atoms with van der Waals surface area (Å²) in [5.74, 6) is 2.30. The molecular formula is C12H18N6. The molecule has 2 aromatic heterocycles. The Hall–Kier alpha value is -1.72. The molecule has 6 heteroatoms. The first kappa shape index (κ1) is 11.4. The molecule has 0 spiro atoms. The van der Waals surface area contributed by atoms with Gasteiger partial charge in [0.05, 0.1) is 0 Å². The quantitative estimate of drug-likeness (QED) is 0.757. The highest BCUT2D eigenvalue weighted by atomic mass is 15.4. The van der Waals surface area contributed by atoms with Crippen molar-refractivity contribution in [2.24, 2.45) is 18.9 Å². The van der Waals surface area contributed by atoms with Crippen LogP contribution in [0.5, 0.6) is 0 Å². The van der Waals surface area contributed by atoms with Gasteiger partial charge in [-0.3, -0.25) is 0 Å². The van der Waals surface area contributed by atoms with Gasteiger partial charge in [0.25, 0.3) is 0 Å². The van der Waals surface area contributed by atoms with Gasteiger partial charge in [0.2, 0.25) is 0 Å². The predicted molar refractivity (Wildman–Crippen MR) is 69.3 cm³/mol. The van der Waals surface area contributed by atoms with Crippen LogP contribution < -0.4 is 4.90 Å². The third kappa shape index (κ3) is 1.81. The Bertz CT molecular complexity index is 553. The van der Waals surface area contributed by atoms with E-state index in [9.17, 15) is 0 Å². The van der Waals surface area contributed by atoms with Crippen molar-refractivity contribution < 1.29 is 0 Å². The highest BCUT2D eigenvalue weighted by Crippen LogP contribution is 2.27. The molecule has 2 atom stereocenters. The van der Waals surface area contributed by atoms with E-state index < -0.39 is 0 Å². The molecule has 0 amide bonds. The molecule has 0 radical (unpaired) electrons. The largest absolute Gasteiger partial charge is 0.354 e. The fourth-order valence-electron chi connectivity index (χ4n) is 2.91. The van der Waals surface area contributed by atoms with Crippen LogP contribution in [0.1, 0.15) is 20.3 Å². The molecule has 0 bridgehead atoms. The average molecular weight is 246 g/mol. The maximum atomic E-state index is 4.41. The van der Waals surface area contributed by atoms with E-state index in [4.69, 9.17) is 0 Å². The van der Waals surface area contributed by atoms with Crippen molar-refractivity contribution in [3.05, 3.63) is 6.33 Å². The molecule has 3 heterocycles. The molecule has 0 N–H and O–H groups in total. The Kier molecular flexibility index (Phi) is 2.65. The summed E-state index contributed by atoms with van der Waals surface area (Å²) < 4.78 is 1.69. The van der Waals surface area contributed by atoms with Crippen molar-refractivity contribution >= 4 is 17.0 Å². The van der Waals surface area contributed by atoms with Gasteiger partial charge in [0, 0.05) is 20.1 Å². The summed E-state index contributed by atoms with van der Waals surface area (Å²) in [6, 6.07) is 0. The summed E-state index contributed by atoms with van der Waals surface area (Å²) in [6.07, 6.45) is 2.89. The predicted octanol–water partition coefficient (Wildman–Crippen LogP) is 1.24. The fraction of sp³-hybridized carbons (Fsp3) is 0.667. The van der Waals surface area contributed by atoms with E-state index in [2.05, 4.69) is 39.0 Å². The van der Waals surface area contributed by atoms with Crippen LogP contribution in [0.25, 0.3) is 11.2 Å². The minimum Gasteiger partial charge on any atom is -0.354 e. The zero-order valence-electron chi connectivity index (χ0n) is 11.0. The normalized spacial score (nSPS) is 24.7. The van der Waals surface area contributed by atoms with Crippen LogP contribution in [0.4, 0.5) is 5.82 Å². The maximum Gasteiger partial charge on any atom is 0.183 e. The summed E-state index contributed by atoms with van der Waals surface area (Å²) in [7, 11) is 1.85. The Balaban J connectivity index is 2.03. The maximum absolute atomic E-state index is 4.41. The Morgan fingerprint density at radius 3 is 2.61 bits per heavy atom. The molecule has 1 aliphatic rings. The number of hydrogen-bond acceptors (Lipinski definition) is 5. The van der Waals surface area contributed by atoms with Crippen molar-refractivity contribution in [1.29, 1.82) is 0 Å². The monoisotopic (exact) mass is 246 g/mol. The number of nitrogens with zero attached hydrogens (tertiary/aromatic N) is 6. The number of anilines is 1. The Morgan fingerprint density at radius 2 is 1.89 bits per heavy atom. The number of aryl methyl sites for hydroxylation is 1. The number of hydrogen-bond donors (Lipinski definition) is 0. The number of rotatable bonds is 1.